The molecule has 0 spiro atoms. The molecule has 2 heterocycles. The molecule has 0 radical (unpaired) electrons. The van der Waals surface area contributed by atoms with Gasteiger partial charge < -0.3 is 15.0 Å². The first-order valence-corrected chi connectivity index (χ1v) is 9.09. The quantitative estimate of drug-likeness (QED) is 0.915. The summed E-state index contributed by atoms with van der Waals surface area (Å²) >= 11 is 0. The van der Waals surface area contributed by atoms with Gasteiger partial charge in [0.2, 0.25) is 5.91 Å². The number of rotatable bonds is 4. The predicted molar refractivity (Wildman–Crippen MR) is 104 cm³/mol. The third-order valence-electron chi connectivity index (χ3n) is 5.60. The van der Waals surface area contributed by atoms with Crippen LogP contribution >= 0.6 is 0 Å². The van der Waals surface area contributed by atoms with Gasteiger partial charge in [-0.1, -0.05) is 56.3 Å². The molecule has 134 valence electrons. The minimum absolute atomic E-state index is 0.0512. The van der Waals surface area contributed by atoms with Crippen molar-refractivity contribution in [3.8, 4) is 5.75 Å². The molecule has 2 aliphatic rings. The number of benzene rings is 2. The van der Waals surface area contributed by atoms with E-state index in [1.165, 1.54) is 5.56 Å². The van der Waals surface area contributed by atoms with Gasteiger partial charge in [-0.25, -0.2) is 0 Å². The fourth-order valence-corrected chi connectivity index (χ4v) is 4.26. The fraction of sp³-hybridized carbons (Fsp3) is 0.318. The maximum absolute atomic E-state index is 12.3. The monoisotopic (exact) mass is 348 g/mol. The number of carbonyl (C=O) groups is 1. The van der Waals surface area contributed by atoms with E-state index in [9.17, 15) is 4.79 Å². The summed E-state index contributed by atoms with van der Waals surface area (Å²) in [6, 6.07) is 16.3. The minimum atomic E-state index is -0.576. The molecule has 2 aromatic rings. The summed E-state index contributed by atoms with van der Waals surface area (Å²) in [4.78, 5) is 14.5. The van der Waals surface area contributed by atoms with Crippen LogP contribution < -0.4 is 15.0 Å². The predicted octanol–water partition coefficient (Wildman–Crippen LogP) is 3.72. The van der Waals surface area contributed by atoms with Crippen molar-refractivity contribution in [1.82, 2.24) is 5.32 Å². The smallest absolute Gasteiger partial charge is 0.241 e. The lowest BCUT2D eigenvalue weighted by atomic mass is 9.75. The average molecular weight is 348 g/mol. The topological polar surface area (TPSA) is 41.6 Å². The second-order valence-electron chi connectivity index (χ2n) is 7.35. The standard InChI is InChI=1S/C22H24N2O2/c1-4-26-19-12-8-5-9-16(19)13-14-22-21(2,3)17-10-6-7-11-18(17)24(22)15-20(25)23-22/h5-14H,4,15H2,1-3H3,(H,23,25)/b14-13+. The Morgan fingerprint density at radius 2 is 1.88 bits per heavy atom. The van der Waals surface area contributed by atoms with Gasteiger partial charge in [0.05, 0.1) is 13.2 Å². The number of ether oxygens (including phenoxy) is 1. The van der Waals surface area contributed by atoms with Crippen LogP contribution in [0.15, 0.2) is 54.6 Å². The zero-order valence-corrected chi connectivity index (χ0v) is 15.5. The molecule has 26 heavy (non-hydrogen) atoms. The number of hydrogen-bond donors (Lipinski definition) is 1. The van der Waals surface area contributed by atoms with Gasteiger partial charge in [0.1, 0.15) is 11.4 Å². The Kier molecular flexibility index (Phi) is 3.79. The maximum Gasteiger partial charge on any atom is 0.241 e. The van der Waals surface area contributed by atoms with Crippen molar-refractivity contribution >= 4 is 17.7 Å². The number of nitrogens with one attached hydrogen (secondary N) is 1. The molecule has 2 aliphatic heterocycles. The van der Waals surface area contributed by atoms with Gasteiger partial charge >= 0.3 is 0 Å². The molecule has 0 saturated carbocycles. The minimum Gasteiger partial charge on any atom is -0.493 e. The van der Waals surface area contributed by atoms with E-state index >= 15 is 0 Å². The molecule has 4 rings (SSSR count). The normalized spacial score (nSPS) is 23.0. The number of anilines is 1. The third-order valence-corrected chi connectivity index (χ3v) is 5.60. The summed E-state index contributed by atoms with van der Waals surface area (Å²) in [7, 11) is 0. The Balaban J connectivity index is 1.81. The van der Waals surface area contributed by atoms with Gasteiger partial charge in [0, 0.05) is 16.7 Å². The number of para-hydroxylation sites is 2. The summed E-state index contributed by atoms with van der Waals surface area (Å²) in [6.07, 6.45) is 4.19. The largest absolute Gasteiger partial charge is 0.493 e. The molecule has 1 N–H and O–H groups in total. The van der Waals surface area contributed by atoms with Crippen LogP contribution in [0.5, 0.6) is 5.75 Å². The highest BCUT2D eigenvalue weighted by atomic mass is 16.5. The summed E-state index contributed by atoms with van der Waals surface area (Å²) in [6.45, 7) is 7.36. The molecule has 1 amide bonds. The molecule has 1 saturated heterocycles. The first-order chi connectivity index (χ1) is 12.5. The second kappa shape index (κ2) is 5.90. The number of nitrogens with zero attached hydrogens (tertiary/aromatic N) is 1. The highest BCUT2D eigenvalue weighted by molar-refractivity contribution is 5.91. The Labute approximate surface area is 154 Å². The van der Waals surface area contributed by atoms with Crippen LogP contribution in [0.2, 0.25) is 0 Å². The van der Waals surface area contributed by atoms with Gasteiger partial charge in [-0.05, 0) is 30.7 Å². The van der Waals surface area contributed by atoms with Crippen LogP contribution in [0, 0.1) is 0 Å². The number of amides is 1. The van der Waals surface area contributed by atoms with Gasteiger partial charge in [-0.15, -0.1) is 0 Å². The Bertz CT molecular complexity index is 887. The van der Waals surface area contributed by atoms with Crippen molar-refractivity contribution in [2.75, 3.05) is 18.1 Å². The number of carbonyl (C=O) groups excluding carboxylic acids is 1. The second-order valence-corrected chi connectivity index (χ2v) is 7.35. The van der Waals surface area contributed by atoms with Crippen molar-refractivity contribution in [2.45, 2.75) is 31.8 Å². The summed E-state index contributed by atoms with van der Waals surface area (Å²) in [5, 5.41) is 3.25. The zero-order valence-electron chi connectivity index (χ0n) is 15.5. The van der Waals surface area contributed by atoms with E-state index in [0.29, 0.717) is 13.2 Å². The van der Waals surface area contributed by atoms with Crippen molar-refractivity contribution in [2.24, 2.45) is 0 Å². The molecular weight excluding hydrogens is 324 g/mol. The van der Waals surface area contributed by atoms with Gasteiger partial charge in [0.25, 0.3) is 0 Å². The first-order valence-electron chi connectivity index (χ1n) is 9.09. The Morgan fingerprint density at radius 3 is 2.69 bits per heavy atom. The van der Waals surface area contributed by atoms with Crippen molar-refractivity contribution < 1.29 is 9.53 Å². The fourth-order valence-electron chi connectivity index (χ4n) is 4.26. The Morgan fingerprint density at radius 1 is 1.15 bits per heavy atom. The lowest BCUT2D eigenvalue weighted by Crippen LogP contribution is -2.58. The molecule has 4 heteroatoms. The molecule has 1 atom stereocenters. The highest BCUT2D eigenvalue weighted by Gasteiger charge is 2.59. The van der Waals surface area contributed by atoms with Crippen molar-refractivity contribution in [1.29, 1.82) is 0 Å². The molecule has 0 bridgehead atoms. The maximum atomic E-state index is 12.3. The summed E-state index contributed by atoms with van der Waals surface area (Å²) in [5.74, 6) is 0.905. The van der Waals surface area contributed by atoms with Crippen LogP contribution in [-0.2, 0) is 10.2 Å². The molecule has 0 aromatic heterocycles. The van der Waals surface area contributed by atoms with E-state index < -0.39 is 5.66 Å². The van der Waals surface area contributed by atoms with Crippen LogP contribution in [0.1, 0.15) is 31.9 Å². The van der Waals surface area contributed by atoms with Crippen LogP contribution in [0.4, 0.5) is 5.69 Å². The third kappa shape index (κ3) is 2.25. The molecule has 1 fully saturated rings. The summed E-state index contributed by atoms with van der Waals surface area (Å²) in [5.41, 5.74) is 2.55. The molecule has 0 aliphatic carbocycles. The molecule has 2 aromatic carbocycles. The number of hydrogen-bond acceptors (Lipinski definition) is 3. The zero-order chi connectivity index (χ0) is 18.4. The van der Waals surface area contributed by atoms with E-state index in [4.69, 9.17) is 4.74 Å². The van der Waals surface area contributed by atoms with Gasteiger partial charge in [-0.2, -0.15) is 0 Å². The molecule has 1 unspecified atom stereocenters. The Hall–Kier alpha value is -2.75. The van der Waals surface area contributed by atoms with E-state index in [0.717, 1.165) is 17.0 Å². The van der Waals surface area contributed by atoms with Gasteiger partial charge in [0.15, 0.2) is 0 Å². The van der Waals surface area contributed by atoms with Crippen molar-refractivity contribution in [3.05, 3.63) is 65.7 Å². The van der Waals surface area contributed by atoms with E-state index in [-0.39, 0.29) is 11.3 Å². The lowest BCUT2D eigenvalue weighted by Gasteiger charge is -2.40. The van der Waals surface area contributed by atoms with Crippen LogP contribution in [0.3, 0.4) is 0 Å². The average Bonchev–Trinajstić information content (AvgIpc) is 3.06. The SMILES string of the molecule is CCOc1ccccc1/C=C/C12NC(=O)CN1c1ccccc1C2(C)C. The molecule has 4 nitrogen and oxygen atoms in total. The number of fused-ring (bicyclic) bond motifs is 3. The van der Waals surface area contributed by atoms with Crippen LogP contribution in [0.25, 0.3) is 6.08 Å². The first kappa shape index (κ1) is 16.7. The van der Waals surface area contributed by atoms with Crippen molar-refractivity contribution in [3.63, 3.8) is 0 Å². The highest BCUT2D eigenvalue weighted by Crippen LogP contribution is 2.52. The van der Waals surface area contributed by atoms with Crippen LogP contribution in [-0.4, -0.2) is 24.7 Å². The molecular formula is C22H24N2O2. The van der Waals surface area contributed by atoms with Gasteiger partial charge in [-0.3, -0.25) is 4.79 Å². The van der Waals surface area contributed by atoms with E-state index in [2.05, 4.69) is 54.4 Å². The lowest BCUT2D eigenvalue weighted by molar-refractivity contribution is -0.118. The summed E-state index contributed by atoms with van der Waals surface area (Å²) < 4.78 is 5.74. The van der Waals surface area contributed by atoms with E-state index in [1.54, 1.807) is 0 Å². The van der Waals surface area contributed by atoms with E-state index in [1.807, 2.05) is 37.3 Å².